The smallest absolute Gasteiger partial charge is 0.308 e. The summed E-state index contributed by atoms with van der Waals surface area (Å²) >= 11 is 0. The molecule has 0 radical (unpaired) electrons. The van der Waals surface area contributed by atoms with Gasteiger partial charge < -0.3 is 10.0 Å². The van der Waals surface area contributed by atoms with Gasteiger partial charge in [0.2, 0.25) is 5.91 Å². The highest BCUT2D eigenvalue weighted by atomic mass is 16.4. The van der Waals surface area contributed by atoms with Crippen molar-refractivity contribution in [1.29, 1.82) is 0 Å². The topological polar surface area (TPSA) is 57.6 Å². The van der Waals surface area contributed by atoms with E-state index in [9.17, 15) is 14.7 Å². The molecule has 3 rings (SSSR count). The predicted octanol–water partition coefficient (Wildman–Crippen LogP) is 2.28. The molecule has 4 nitrogen and oxygen atoms in total. The number of amides is 1. The van der Waals surface area contributed by atoms with Gasteiger partial charge in [0.05, 0.1) is 5.92 Å². The molecule has 0 aromatic carbocycles. The molecule has 2 bridgehead atoms. The first-order valence-electron chi connectivity index (χ1n) is 7.47. The van der Waals surface area contributed by atoms with Crippen molar-refractivity contribution in [3.05, 3.63) is 0 Å². The summed E-state index contributed by atoms with van der Waals surface area (Å²) in [6, 6.07) is 0.154. The molecule has 4 heteroatoms. The van der Waals surface area contributed by atoms with Crippen LogP contribution in [0.2, 0.25) is 0 Å². The Bertz CT molecular complexity index is 418. The van der Waals surface area contributed by atoms with Crippen LogP contribution in [0.1, 0.15) is 52.4 Å². The molecule has 3 aliphatic rings. The second-order valence-corrected chi connectivity index (χ2v) is 7.16. The van der Waals surface area contributed by atoms with Gasteiger partial charge in [-0.15, -0.1) is 0 Å². The fourth-order valence-electron chi connectivity index (χ4n) is 4.56. The summed E-state index contributed by atoms with van der Waals surface area (Å²) in [5.74, 6) is -0.718. The number of carboxylic acids is 1. The average molecular weight is 265 g/mol. The first-order valence-corrected chi connectivity index (χ1v) is 7.47. The van der Waals surface area contributed by atoms with Crippen molar-refractivity contribution >= 4 is 11.9 Å². The number of carboxylic acid groups (broad SMARTS) is 1. The second kappa shape index (κ2) is 4.22. The van der Waals surface area contributed by atoms with Gasteiger partial charge in [0, 0.05) is 18.0 Å². The van der Waals surface area contributed by atoms with E-state index in [1.54, 1.807) is 0 Å². The second-order valence-electron chi connectivity index (χ2n) is 7.16. The molecule has 3 fully saturated rings. The lowest BCUT2D eigenvalue weighted by molar-refractivity contribution is -0.144. The van der Waals surface area contributed by atoms with Gasteiger partial charge in [-0.2, -0.15) is 0 Å². The van der Waals surface area contributed by atoms with Crippen LogP contribution in [0.5, 0.6) is 0 Å². The summed E-state index contributed by atoms with van der Waals surface area (Å²) in [4.78, 5) is 26.1. The summed E-state index contributed by atoms with van der Waals surface area (Å²) in [6.45, 7) is 4.35. The van der Waals surface area contributed by atoms with Crippen LogP contribution in [0.4, 0.5) is 0 Å². The maximum atomic E-state index is 12.8. The SMILES string of the molecule is CC1(C)CCCC1C(=O)N1C2CCC1C(C(=O)O)C2. The molecule has 0 aromatic heterocycles. The van der Waals surface area contributed by atoms with Gasteiger partial charge in [0.25, 0.3) is 0 Å². The van der Waals surface area contributed by atoms with Crippen LogP contribution in [0, 0.1) is 17.3 Å². The van der Waals surface area contributed by atoms with Crippen molar-refractivity contribution in [3.8, 4) is 0 Å². The Labute approximate surface area is 114 Å². The van der Waals surface area contributed by atoms with Gasteiger partial charge in [-0.05, 0) is 37.5 Å². The fourth-order valence-corrected chi connectivity index (χ4v) is 4.56. The molecule has 1 aliphatic carbocycles. The number of rotatable bonds is 2. The van der Waals surface area contributed by atoms with E-state index in [1.807, 2.05) is 4.90 Å². The van der Waals surface area contributed by atoms with Gasteiger partial charge in [0.1, 0.15) is 0 Å². The molecule has 1 N–H and O–H groups in total. The van der Waals surface area contributed by atoms with Crippen molar-refractivity contribution in [2.24, 2.45) is 17.3 Å². The van der Waals surface area contributed by atoms with E-state index in [2.05, 4.69) is 13.8 Å². The standard InChI is InChI=1S/C15H23NO3/c1-15(2)7-3-4-11(15)13(17)16-9-5-6-12(16)10(8-9)14(18)19/h9-12H,3-8H2,1-2H3,(H,18,19). The Balaban J connectivity index is 1.80. The first-order chi connectivity index (χ1) is 8.92. The van der Waals surface area contributed by atoms with E-state index in [0.717, 1.165) is 32.1 Å². The van der Waals surface area contributed by atoms with Crippen molar-refractivity contribution in [3.63, 3.8) is 0 Å². The Hall–Kier alpha value is -1.06. The molecule has 2 saturated heterocycles. The zero-order valence-electron chi connectivity index (χ0n) is 11.8. The van der Waals surface area contributed by atoms with Crippen molar-refractivity contribution in [2.45, 2.75) is 64.5 Å². The molecular formula is C15H23NO3. The van der Waals surface area contributed by atoms with Gasteiger partial charge in [-0.25, -0.2) is 0 Å². The Morgan fingerprint density at radius 3 is 2.47 bits per heavy atom. The number of fused-ring (bicyclic) bond motifs is 2. The third-order valence-electron chi connectivity index (χ3n) is 5.66. The van der Waals surface area contributed by atoms with Crippen LogP contribution >= 0.6 is 0 Å². The van der Waals surface area contributed by atoms with E-state index in [-0.39, 0.29) is 35.2 Å². The van der Waals surface area contributed by atoms with E-state index in [1.165, 1.54) is 0 Å². The third kappa shape index (κ3) is 1.87. The molecule has 19 heavy (non-hydrogen) atoms. The lowest BCUT2D eigenvalue weighted by Gasteiger charge is -2.32. The molecule has 1 amide bonds. The lowest BCUT2D eigenvalue weighted by Crippen LogP contribution is -2.44. The number of hydrogen-bond donors (Lipinski definition) is 1. The van der Waals surface area contributed by atoms with E-state index in [0.29, 0.717) is 6.42 Å². The van der Waals surface area contributed by atoms with Gasteiger partial charge in [-0.1, -0.05) is 20.3 Å². The maximum Gasteiger partial charge on any atom is 0.308 e. The number of nitrogens with zero attached hydrogens (tertiary/aromatic N) is 1. The molecule has 106 valence electrons. The van der Waals surface area contributed by atoms with Crippen LogP contribution in [0.15, 0.2) is 0 Å². The number of carbonyl (C=O) groups is 2. The maximum absolute atomic E-state index is 12.8. The first kappa shape index (κ1) is 12.9. The van der Waals surface area contributed by atoms with Gasteiger partial charge >= 0.3 is 5.97 Å². The molecule has 4 atom stereocenters. The summed E-state index contributed by atoms with van der Waals surface area (Å²) in [5.41, 5.74) is 0.0812. The molecule has 4 unspecified atom stereocenters. The summed E-state index contributed by atoms with van der Waals surface area (Å²) < 4.78 is 0. The molecule has 0 aromatic rings. The molecule has 1 saturated carbocycles. The highest BCUT2D eigenvalue weighted by molar-refractivity contribution is 5.83. The van der Waals surface area contributed by atoms with Gasteiger partial charge in [0.15, 0.2) is 0 Å². The lowest BCUT2D eigenvalue weighted by atomic mass is 9.81. The van der Waals surface area contributed by atoms with Crippen LogP contribution < -0.4 is 0 Å². The summed E-state index contributed by atoms with van der Waals surface area (Å²) in [6.07, 6.45) is 5.73. The zero-order chi connectivity index (χ0) is 13.8. The highest BCUT2D eigenvalue weighted by Gasteiger charge is 2.54. The minimum atomic E-state index is -0.726. The van der Waals surface area contributed by atoms with E-state index in [4.69, 9.17) is 0 Å². The van der Waals surface area contributed by atoms with Crippen molar-refractivity contribution in [2.75, 3.05) is 0 Å². The van der Waals surface area contributed by atoms with Crippen LogP contribution in [0.3, 0.4) is 0 Å². The van der Waals surface area contributed by atoms with Crippen molar-refractivity contribution < 1.29 is 14.7 Å². The van der Waals surface area contributed by atoms with Crippen molar-refractivity contribution in [1.82, 2.24) is 4.90 Å². The molecule has 2 heterocycles. The monoisotopic (exact) mass is 265 g/mol. The predicted molar refractivity (Wildman–Crippen MR) is 70.5 cm³/mol. The largest absolute Gasteiger partial charge is 0.481 e. The van der Waals surface area contributed by atoms with E-state index >= 15 is 0 Å². The Morgan fingerprint density at radius 2 is 1.95 bits per heavy atom. The number of hydrogen-bond acceptors (Lipinski definition) is 2. The third-order valence-corrected chi connectivity index (χ3v) is 5.66. The quantitative estimate of drug-likeness (QED) is 0.833. The normalized spacial score (nSPS) is 39.8. The Kier molecular flexibility index (Phi) is 2.88. The minimum absolute atomic E-state index is 0.0357. The minimum Gasteiger partial charge on any atom is -0.481 e. The number of aliphatic carboxylic acids is 1. The average Bonchev–Trinajstić information content (AvgIpc) is 2.99. The molecule has 2 aliphatic heterocycles. The van der Waals surface area contributed by atoms with E-state index < -0.39 is 5.97 Å². The van der Waals surface area contributed by atoms with Gasteiger partial charge in [-0.3, -0.25) is 9.59 Å². The Morgan fingerprint density at radius 1 is 1.21 bits per heavy atom. The van der Waals surface area contributed by atoms with Crippen LogP contribution in [-0.4, -0.2) is 34.0 Å². The van der Waals surface area contributed by atoms with Crippen LogP contribution in [0.25, 0.3) is 0 Å². The summed E-state index contributed by atoms with van der Waals surface area (Å²) in [7, 11) is 0. The molecular weight excluding hydrogens is 242 g/mol. The zero-order valence-corrected chi connectivity index (χ0v) is 11.8. The number of carbonyl (C=O) groups excluding carboxylic acids is 1. The fraction of sp³-hybridized carbons (Fsp3) is 0.867. The molecule has 0 spiro atoms. The summed E-state index contributed by atoms with van der Waals surface area (Å²) in [5, 5.41) is 9.26. The highest BCUT2D eigenvalue weighted by Crippen LogP contribution is 2.48. The van der Waals surface area contributed by atoms with Crippen LogP contribution in [-0.2, 0) is 9.59 Å².